The number of amides is 1. The number of aryl methyl sites for hydroxylation is 1. The number of nitriles is 1. The van der Waals surface area contributed by atoms with Crippen LogP contribution in [0.3, 0.4) is 0 Å². The van der Waals surface area contributed by atoms with Crippen molar-refractivity contribution in [3.8, 4) is 6.07 Å². The number of rotatable bonds is 4. The molecule has 2 aromatic rings. The number of benzene rings is 2. The maximum atomic E-state index is 13.0. The van der Waals surface area contributed by atoms with Gasteiger partial charge in [0.1, 0.15) is 5.56 Å². The van der Waals surface area contributed by atoms with Crippen molar-refractivity contribution in [3.63, 3.8) is 0 Å². The maximum absolute atomic E-state index is 13.0. The lowest BCUT2D eigenvalue weighted by Crippen LogP contribution is -2.31. The number of sulfonamides is 1. The molecule has 0 aliphatic carbocycles. The van der Waals surface area contributed by atoms with E-state index in [1.54, 1.807) is 0 Å². The normalized spacial score (nSPS) is 11.5. The van der Waals surface area contributed by atoms with Crippen molar-refractivity contribution in [2.75, 3.05) is 0 Å². The highest BCUT2D eigenvalue weighted by atomic mass is 32.2. The Kier molecular flexibility index (Phi) is 5.42. The van der Waals surface area contributed by atoms with Crippen molar-refractivity contribution < 1.29 is 31.3 Å². The van der Waals surface area contributed by atoms with Gasteiger partial charge in [-0.2, -0.15) is 18.4 Å². The molecule has 146 valence electrons. The van der Waals surface area contributed by atoms with Crippen LogP contribution < -0.4 is 4.72 Å². The van der Waals surface area contributed by atoms with Gasteiger partial charge >= 0.3 is 6.18 Å². The summed E-state index contributed by atoms with van der Waals surface area (Å²) in [5, 5.41) is 19.9. The van der Waals surface area contributed by atoms with Crippen LogP contribution in [0.25, 0.3) is 0 Å². The third-order valence-electron chi connectivity index (χ3n) is 3.62. The molecule has 0 unspecified atom stereocenters. The van der Waals surface area contributed by atoms with Gasteiger partial charge in [0.15, 0.2) is 0 Å². The van der Waals surface area contributed by atoms with Crippen LogP contribution in [-0.2, 0) is 16.2 Å². The van der Waals surface area contributed by atoms with Crippen molar-refractivity contribution in [1.82, 2.24) is 4.72 Å². The highest BCUT2D eigenvalue weighted by molar-refractivity contribution is 7.90. The largest absolute Gasteiger partial charge is 0.417 e. The van der Waals surface area contributed by atoms with E-state index in [1.165, 1.54) is 29.8 Å². The molecule has 0 aliphatic heterocycles. The SMILES string of the molecule is Cc1cccc(C(=O)NS(=O)(=O)c2ccc(C#N)c(C(F)(F)F)c2)c1[N+](=O)[O-]. The highest BCUT2D eigenvalue weighted by Gasteiger charge is 2.35. The second kappa shape index (κ2) is 7.28. The summed E-state index contributed by atoms with van der Waals surface area (Å²) < 4.78 is 65.2. The minimum atomic E-state index is -5.00. The van der Waals surface area contributed by atoms with E-state index in [0.717, 1.165) is 6.07 Å². The Morgan fingerprint density at radius 3 is 2.43 bits per heavy atom. The van der Waals surface area contributed by atoms with E-state index in [-0.39, 0.29) is 11.6 Å². The van der Waals surface area contributed by atoms with Crippen LogP contribution in [-0.4, -0.2) is 19.2 Å². The van der Waals surface area contributed by atoms with Gasteiger partial charge in [-0.25, -0.2) is 13.1 Å². The lowest BCUT2D eigenvalue weighted by Gasteiger charge is -2.12. The fourth-order valence-electron chi connectivity index (χ4n) is 2.34. The molecule has 0 saturated heterocycles. The molecule has 0 aliphatic rings. The van der Waals surface area contributed by atoms with Crippen LogP contribution in [0.1, 0.15) is 27.0 Å². The number of hydrogen-bond donors (Lipinski definition) is 1. The number of carbonyl (C=O) groups excluding carboxylic acids is 1. The average Bonchev–Trinajstić information content (AvgIpc) is 2.59. The predicted octanol–water partition coefficient (Wildman–Crippen LogP) is 2.91. The van der Waals surface area contributed by atoms with Crippen LogP contribution >= 0.6 is 0 Å². The number of alkyl halides is 3. The molecule has 0 heterocycles. The minimum Gasteiger partial charge on any atom is -0.268 e. The topological polar surface area (TPSA) is 130 Å². The van der Waals surface area contributed by atoms with Crippen molar-refractivity contribution in [2.24, 2.45) is 0 Å². The molecular weight excluding hydrogens is 403 g/mol. The number of carbonyl (C=O) groups is 1. The van der Waals surface area contributed by atoms with E-state index in [9.17, 15) is 36.5 Å². The van der Waals surface area contributed by atoms with Crippen molar-refractivity contribution in [1.29, 1.82) is 5.26 Å². The fraction of sp³-hybridized carbons (Fsp3) is 0.125. The van der Waals surface area contributed by atoms with E-state index in [2.05, 4.69) is 0 Å². The number of nitro groups is 1. The Hall–Kier alpha value is -3.46. The molecule has 0 radical (unpaired) electrons. The first-order valence-electron chi connectivity index (χ1n) is 7.31. The molecule has 2 aromatic carbocycles. The molecule has 8 nitrogen and oxygen atoms in total. The molecule has 0 spiro atoms. The first-order chi connectivity index (χ1) is 12.9. The molecule has 2 rings (SSSR count). The first-order valence-corrected chi connectivity index (χ1v) is 8.79. The number of nitrogens with zero attached hydrogens (tertiary/aromatic N) is 2. The monoisotopic (exact) mass is 413 g/mol. The van der Waals surface area contributed by atoms with Crippen molar-refractivity contribution >= 4 is 21.6 Å². The molecule has 1 N–H and O–H groups in total. The molecule has 28 heavy (non-hydrogen) atoms. The molecule has 12 heteroatoms. The zero-order chi connectivity index (χ0) is 21.3. The predicted molar refractivity (Wildman–Crippen MR) is 88.6 cm³/mol. The standard InChI is InChI=1S/C16H10F3N3O5S/c1-9-3-2-4-12(14(9)22(24)25)15(23)21-28(26,27)11-6-5-10(8-20)13(7-11)16(17,18)19/h2-7H,1H3,(H,21,23). The Balaban J connectivity index is 2.48. The van der Waals surface area contributed by atoms with Crippen LogP contribution in [0.5, 0.6) is 0 Å². The van der Waals surface area contributed by atoms with Gasteiger partial charge in [-0.1, -0.05) is 12.1 Å². The second-order valence-corrected chi connectivity index (χ2v) is 7.16. The summed E-state index contributed by atoms with van der Waals surface area (Å²) in [4.78, 5) is 21.6. The second-order valence-electron chi connectivity index (χ2n) is 5.48. The molecule has 0 fully saturated rings. The van der Waals surface area contributed by atoms with Crippen LogP contribution in [0.2, 0.25) is 0 Å². The fourth-order valence-corrected chi connectivity index (χ4v) is 3.34. The Bertz CT molecular complexity index is 1120. The zero-order valence-corrected chi connectivity index (χ0v) is 14.8. The molecule has 0 bridgehead atoms. The van der Waals surface area contributed by atoms with E-state index >= 15 is 0 Å². The van der Waals surface area contributed by atoms with Crippen molar-refractivity contribution in [3.05, 3.63) is 68.8 Å². The smallest absolute Gasteiger partial charge is 0.268 e. The number of halogens is 3. The zero-order valence-electron chi connectivity index (χ0n) is 13.9. The maximum Gasteiger partial charge on any atom is 0.417 e. The minimum absolute atomic E-state index is 0.0905. The summed E-state index contributed by atoms with van der Waals surface area (Å²) in [6.07, 6.45) is -5.00. The van der Waals surface area contributed by atoms with E-state index in [1.807, 2.05) is 0 Å². The Labute approximate surface area is 156 Å². The van der Waals surface area contributed by atoms with Gasteiger partial charge in [-0.15, -0.1) is 0 Å². The summed E-state index contributed by atoms with van der Waals surface area (Å²) >= 11 is 0. The van der Waals surface area contributed by atoms with Gasteiger partial charge in [-0.3, -0.25) is 14.9 Å². The molecule has 0 saturated carbocycles. The molecule has 0 atom stereocenters. The van der Waals surface area contributed by atoms with E-state index < -0.39 is 54.3 Å². The van der Waals surface area contributed by atoms with Gasteiger partial charge in [0.05, 0.1) is 27.0 Å². The number of nitrogens with one attached hydrogen (secondary N) is 1. The van der Waals surface area contributed by atoms with Gasteiger partial charge in [0, 0.05) is 5.56 Å². The van der Waals surface area contributed by atoms with Crippen LogP contribution in [0, 0.1) is 28.4 Å². The highest BCUT2D eigenvalue weighted by Crippen LogP contribution is 2.33. The lowest BCUT2D eigenvalue weighted by molar-refractivity contribution is -0.385. The van der Waals surface area contributed by atoms with Gasteiger partial charge in [0.2, 0.25) is 0 Å². The summed E-state index contributed by atoms with van der Waals surface area (Å²) in [6.45, 7) is 1.33. The Morgan fingerprint density at radius 2 is 1.89 bits per heavy atom. The lowest BCUT2D eigenvalue weighted by atomic mass is 10.1. The van der Waals surface area contributed by atoms with Gasteiger partial charge < -0.3 is 0 Å². The van der Waals surface area contributed by atoms with Crippen LogP contribution in [0.15, 0.2) is 41.3 Å². The summed E-state index contributed by atoms with van der Waals surface area (Å²) in [7, 11) is -4.80. The van der Waals surface area contributed by atoms with Crippen molar-refractivity contribution in [2.45, 2.75) is 18.0 Å². The summed E-state index contributed by atoms with van der Waals surface area (Å²) in [5.41, 5.74) is -3.41. The van der Waals surface area contributed by atoms with Crippen LogP contribution in [0.4, 0.5) is 18.9 Å². The average molecular weight is 413 g/mol. The van der Waals surface area contributed by atoms with Gasteiger partial charge in [0.25, 0.3) is 21.6 Å². The molecule has 1 amide bonds. The quantitative estimate of drug-likeness (QED) is 0.606. The van der Waals surface area contributed by atoms with E-state index in [0.29, 0.717) is 12.1 Å². The Morgan fingerprint density at radius 1 is 1.25 bits per heavy atom. The summed E-state index contributed by atoms with van der Waals surface area (Å²) in [6, 6.07) is 6.50. The third kappa shape index (κ3) is 4.09. The number of nitro benzene ring substituents is 1. The number of hydrogen-bond acceptors (Lipinski definition) is 6. The van der Waals surface area contributed by atoms with E-state index in [4.69, 9.17) is 5.26 Å². The number of para-hydroxylation sites is 1. The first kappa shape index (κ1) is 20.8. The third-order valence-corrected chi connectivity index (χ3v) is 4.95. The van der Waals surface area contributed by atoms with Gasteiger partial charge in [-0.05, 0) is 31.2 Å². The molecular formula is C16H10F3N3O5S. The summed E-state index contributed by atoms with van der Waals surface area (Å²) in [5.74, 6) is -1.38. The molecule has 0 aromatic heterocycles.